The molecule has 3 heterocycles. The normalized spacial score (nSPS) is 20.9. The molecule has 0 aliphatic carbocycles. The Hall–Kier alpha value is -2.63. The molecule has 0 bridgehead atoms. The van der Waals surface area contributed by atoms with Crippen LogP contribution in [0.5, 0.6) is 0 Å². The van der Waals surface area contributed by atoms with Crippen LogP contribution in [0.2, 0.25) is 0 Å². The van der Waals surface area contributed by atoms with E-state index in [0.29, 0.717) is 5.82 Å². The van der Waals surface area contributed by atoms with Gasteiger partial charge < -0.3 is 4.90 Å². The van der Waals surface area contributed by atoms with E-state index in [4.69, 9.17) is 0 Å². The van der Waals surface area contributed by atoms with Crippen molar-refractivity contribution < 1.29 is 9.59 Å². The summed E-state index contributed by atoms with van der Waals surface area (Å²) in [6.45, 7) is 0.851. The van der Waals surface area contributed by atoms with E-state index in [2.05, 4.69) is 5.10 Å². The van der Waals surface area contributed by atoms with Crippen molar-refractivity contribution in [3.8, 4) is 0 Å². The van der Waals surface area contributed by atoms with Crippen molar-refractivity contribution in [2.24, 2.45) is 0 Å². The van der Waals surface area contributed by atoms with E-state index in [1.54, 1.807) is 7.05 Å². The number of aryl methyl sites for hydroxylation is 2. The van der Waals surface area contributed by atoms with Crippen LogP contribution in [-0.4, -0.2) is 33.7 Å². The van der Waals surface area contributed by atoms with E-state index in [1.165, 1.54) is 9.80 Å². The fourth-order valence-electron chi connectivity index (χ4n) is 3.22. The molecule has 2 aliphatic rings. The standard InChI is InChI=1S/C16H16N4O2/c1-18-14(11-6-3-2-4-7-11)15(21)20(16(18)22)13-10-12-8-5-9-19(12)17-13/h2-4,6-7,10,14H,5,8-9H2,1H3. The molecule has 0 radical (unpaired) electrons. The number of rotatable bonds is 2. The van der Waals surface area contributed by atoms with Gasteiger partial charge in [-0.2, -0.15) is 5.10 Å². The molecule has 4 rings (SSSR count). The Kier molecular flexibility index (Phi) is 2.79. The summed E-state index contributed by atoms with van der Waals surface area (Å²) in [6.07, 6.45) is 2.01. The number of urea groups is 1. The second kappa shape index (κ2) is 4.69. The summed E-state index contributed by atoms with van der Waals surface area (Å²) in [5, 5.41) is 4.41. The van der Waals surface area contributed by atoms with Gasteiger partial charge in [0.25, 0.3) is 5.91 Å². The van der Waals surface area contributed by atoms with Crippen LogP contribution in [0.4, 0.5) is 10.6 Å². The lowest BCUT2D eigenvalue weighted by molar-refractivity contribution is -0.119. The van der Waals surface area contributed by atoms with Gasteiger partial charge in [-0.05, 0) is 18.4 Å². The largest absolute Gasteiger partial charge is 0.333 e. The summed E-state index contributed by atoms with van der Waals surface area (Å²) in [7, 11) is 1.65. The molecule has 112 valence electrons. The predicted molar refractivity (Wildman–Crippen MR) is 80.4 cm³/mol. The Bertz CT molecular complexity index is 731. The maximum absolute atomic E-state index is 12.8. The molecule has 6 nitrogen and oxygen atoms in total. The van der Waals surface area contributed by atoms with Gasteiger partial charge in [-0.25, -0.2) is 9.69 Å². The molecule has 2 aliphatic heterocycles. The molecule has 22 heavy (non-hydrogen) atoms. The average Bonchev–Trinajstić information content (AvgIpc) is 3.14. The number of amides is 3. The molecule has 0 N–H and O–H groups in total. The zero-order valence-electron chi connectivity index (χ0n) is 12.3. The lowest BCUT2D eigenvalue weighted by Crippen LogP contribution is -2.31. The number of aromatic nitrogens is 2. The van der Waals surface area contributed by atoms with Crippen molar-refractivity contribution in [1.82, 2.24) is 14.7 Å². The number of hydrogen-bond acceptors (Lipinski definition) is 3. The van der Waals surface area contributed by atoms with Crippen molar-refractivity contribution in [2.45, 2.75) is 25.4 Å². The van der Waals surface area contributed by atoms with Crippen molar-refractivity contribution >= 4 is 17.8 Å². The number of benzene rings is 1. The quantitative estimate of drug-likeness (QED) is 0.796. The number of hydrogen-bond donors (Lipinski definition) is 0. The molecule has 0 saturated carbocycles. The van der Waals surface area contributed by atoms with E-state index >= 15 is 0 Å². The molecule has 1 atom stereocenters. The highest BCUT2D eigenvalue weighted by Gasteiger charge is 2.45. The first-order valence-corrected chi connectivity index (χ1v) is 7.39. The highest BCUT2D eigenvalue weighted by molar-refractivity contribution is 6.20. The second-order valence-electron chi connectivity index (χ2n) is 5.70. The molecular formula is C16H16N4O2. The number of imide groups is 1. The maximum atomic E-state index is 12.8. The molecule has 0 spiro atoms. The van der Waals surface area contributed by atoms with Crippen LogP contribution in [0.3, 0.4) is 0 Å². The minimum absolute atomic E-state index is 0.240. The minimum Gasteiger partial charge on any atom is -0.311 e. The third kappa shape index (κ3) is 1.76. The van der Waals surface area contributed by atoms with Gasteiger partial charge in [0, 0.05) is 25.4 Å². The molecule has 1 aromatic carbocycles. The molecular weight excluding hydrogens is 280 g/mol. The van der Waals surface area contributed by atoms with Gasteiger partial charge in [0.2, 0.25) is 0 Å². The summed E-state index contributed by atoms with van der Waals surface area (Å²) in [6, 6.07) is 10.3. The van der Waals surface area contributed by atoms with Crippen LogP contribution in [0.15, 0.2) is 36.4 Å². The van der Waals surface area contributed by atoms with Gasteiger partial charge in [0.15, 0.2) is 5.82 Å². The number of carbonyl (C=O) groups excluding carboxylic acids is 2. The number of likely N-dealkylation sites (N-methyl/N-ethyl adjacent to an activating group) is 1. The highest BCUT2D eigenvalue weighted by Crippen LogP contribution is 2.33. The topological polar surface area (TPSA) is 58.4 Å². The van der Waals surface area contributed by atoms with Crippen molar-refractivity contribution in [1.29, 1.82) is 0 Å². The lowest BCUT2D eigenvalue weighted by atomic mass is 10.1. The molecule has 1 unspecified atom stereocenters. The van der Waals surface area contributed by atoms with Gasteiger partial charge in [-0.3, -0.25) is 9.48 Å². The first-order chi connectivity index (χ1) is 10.7. The highest BCUT2D eigenvalue weighted by atomic mass is 16.2. The van der Waals surface area contributed by atoms with Gasteiger partial charge in [0.1, 0.15) is 6.04 Å². The van der Waals surface area contributed by atoms with Crippen molar-refractivity contribution in [2.75, 3.05) is 11.9 Å². The summed E-state index contributed by atoms with van der Waals surface area (Å²) >= 11 is 0. The Morgan fingerprint density at radius 2 is 1.95 bits per heavy atom. The van der Waals surface area contributed by atoms with E-state index in [-0.39, 0.29) is 11.9 Å². The van der Waals surface area contributed by atoms with Crippen LogP contribution < -0.4 is 4.90 Å². The fraction of sp³-hybridized carbons (Fsp3) is 0.312. The Labute approximate surface area is 127 Å². The minimum atomic E-state index is -0.578. The predicted octanol–water partition coefficient (Wildman–Crippen LogP) is 1.97. The van der Waals surface area contributed by atoms with Crippen molar-refractivity contribution in [3.63, 3.8) is 0 Å². The number of fused-ring (bicyclic) bond motifs is 1. The Morgan fingerprint density at radius 3 is 2.68 bits per heavy atom. The van der Waals surface area contributed by atoms with Gasteiger partial charge in [0.05, 0.1) is 0 Å². The van der Waals surface area contributed by atoms with Crippen molar-refractivity contribution in [3.05, 3.63) is 47.7 Å². The summed E-state index contributed by atoms with van der Waals surface area (Å²) in [4.78, 5) is 27.9. The zero-order chi connectivity index (χ0) is 15.3. The second-order valence-corrected chi connectivity index (χ2v) is 5.70. The maximum Gasteiger partial charge on any atom is 0.333 e. The monoisotopic (exact) mass is 296 g/mol. The Balaban J connectivity index is 1.72. The molecule has 3 amide bonds. The van der Waals surface area contributed by atoms with E-state index in [9.17, 15) is 9.59 Å². The van der Waals surface area contributed by atoms with Gasteiger partial charge >= 0.3 is 6.03 Å². The summed E-state index contributed by atoms with van der Waals surface area (Å²) in [5.74, 6) is 0.199. The van der Waals surface area contributed by atoms with E-state index in [0.717, 1.165) is 30.6 Å². The average molecular weight is 296 g/mol. The first kappa shape index (κ1) is 13.1. The Morgan fingerprint density at radius 1 is 1.18 bits per heavy atom. The van der Waals surface area contributed by atoms with Crippen LogP contribution in [0.1, 0.15) is 23.7 Å². The summed E-state index contributed by atoms with van der Waals surface area (Å²) < 4.78 is 1.88. The summed E-state index contributed by atoms with van der Waals surface area (Å²) in [5.41, 5.74) is 1.90. The van der Waals surface area contributed by atoms with Gasteiger partial charge in [-0.15, -0.1) is 0 Å². The lowest BCUT2D eigenvalue weighted by Gasteiger charge is -2.15. The molecule has 1 aromatic heterocycles. The molecule has 6 heteroatoms. The first-order valence-electron chi connectivity index (χ1n) is 7.39. The van der Waals surface area contributed by atoms with Gasteiger partial charge in [-0.1, -0.05) is 30.3 Å². The third-order valence-electron chi connectivity index (χ3n) is 4.33. The molecule has 1 fully saturated rings. The smallest absolute Gasteiger partial charge is 0.311 e. The van der Waals surface area contributed by atoms with E-state index < -0.39 is 6.04 Å². The van der Waals surface area contributed by atoms with Crippen LogP contribution in [0, 0.1) is 0 Å². The van der Waals surface area contributed by atoms with E-state index in [1.807, 2.05) is 41.1 Å². The number of carbonyl (C=O) groups is 2. The van der Waals surface area contributed by atoms with Crippen LogP contribution in [0.25, 0.3) is 0 Å². The van der Waals surface area contributed by atoms with Crippen LogP contribution in [-0.2, 0) is 17.8 Å². The third-order valence-corrected chi connectivity index (χ3v) is 4.33. The number of nitrogens with zero attached hydrogens (tertiary/aromatic N) is 4. The SMILES string of the molecule is CN1C(=O)N(c2cc3n(n2)CCC3)C(=O)C1c1ccccc1. The molecule has 2 aromatic rings. The number of anilines is 1. The zero-order valence-corrected chi connectivity index (χ0v) is 12.3. The molecule has 1 saturated heterocycles. The van der Waals surface area contributed by atoms with Crippen LogP contribution >= 0.6 is 0 Å². The fourth-order valence-corrected chi connectivity index (χ4v) is 3.22.